The SMILES string of the molecule is CN(CCCC(=O)NCC1(C)CCNCC1)S(=O)(=O)c1ccc(F)cc1.Cl. The van der Waals surface area contributed by atoms with Crippen LogP contribution in [0.25, 0.3) is 0 Å². The first-order valence-corrected chi connectivity index (χ1v) is 10.4. The molecular weight excluding hydrogens is 393 g/mol. The Morgan fingerprint density at radius 3 is 2.44 bits per heavy atom. The van der Waals surface area contributed by atoms with E-state index in [4.69, 9.17) is 0 Å². The van der Waals surface area contributed by atoms with E-state index in [1.54, 1.807) is 0 Å². The van der Waals surface area contributed by atoms with Crippen molar-refractivity contribution in [1.29, 1.82) is 0 Å². The number of rotatable bonds is 8. The molecule has 6 nitrogen and oxygen atoms in total. The van der Waals surface area contributed by atoms with E-state index in [1.807, 2.05) is 0 Å². The maximum atomic E-state index is 12.9. The summed E-state index contributed by atoms with van der Waals surface area (Å²) in [6, 6.07) is 4.73. The van der Waals surface area contributed by atoms with Crippen molar-refractivity contribution in [1.82, 2.24) is 14.9 Å². The van der Waals surface area contributed by atoms with Gasteiger partial charge in [0.05, 0.1) is 4.90 Å². The molecule has 1 saturated heterocycles. The van der Waals surface area contributed by atoms with Gasteiger partial charge in [0, 0.05) is 26.6 Å². The van der Waals surface area contributed by atoms with Gasteiger partial charge in [0.25, 0.3) is 0 Å². The molecule has 2 N–H and O–H groups in total. The second-order valence-corrected chi connectivity index (χ2v) is 9.27. The van der Waals surface area contributed by atoms with Gasteiger partial charge in [-0.1, -0.05) is 6.92 Å². The van der Waals surface area contributed by atoms with Crippen molar-refractivity contribution in [3.63, 3.8) is 0 Å². The van der Waals surface area contributed by atoms with Crippen LogP contribution in [-0.4, -0.2) is 51.9 Å². The van der Waals surface area contributed by atoms with E-state index < -0.39 is 15.8 Å². The average Bonchev–Trinajstić information content (AvgIpc) is 2.61. The summed E-state index contributed by atoms with van der Waals surface area (Å²) in [5, 5.41) is 6.28. The molecule has 0 radical (unpaired) electrons. The molecule has 0 aromatic heterocycles. The fourth-order valence-electron chi connectivity index (χ4n) is 2.98. The van der Waals surface area contributed by atoms with Crippen LogP contribution in [0, 0.1) is 11.2 Å². The first kappa shape index (κ1) is 23.8. The standard InChI is InChI=1S/C18H28FN3O3S.ClH/c1-18(9-11-20-12-10-18)14-21-17(23)4-3-13-22(2)26(24,25)16-7-5-15(19)6-8-16;/h5-8,20H,3-4,9-14H2,1-2H3,(H,21,23);1H. The number of sulfonamides is 1. The van der Waals surface area contributed by atoms with Gasteiger partial charge in [0.15, 0.2) is 0 Å². The Morgan fingerprint density at radius 2 is 1.85 bits per heavy atom. The quantitative estimate of drug-likeness (QED) is 0.674. The van der Waals surface area contributed by atoms with Gasteiger partial charge in [-0.3, -0.25) is 4.79 Å². The second kappa shape index (κ2) is 10.4. The molecule has 1 heterocycles. The van der Waals surface area contributed by atoms with Gasteiger partial charge in [0.2, 0.25) is 15.9 Å². The van der Waals surface area contributed by atoms with Gasteiger partial charge in [0.1, 0.15) is 5.82 Å². The lowest BCUT2D eigenvalue weighted by atomic mass is 9.81. The molecule has 1 aromatic rings. The Kier molecular flexibility index (Phi) is 9.14. The number of nitrogens with zero attached hydrogens (tertiary/aromatic N) is 1. The van der Waals surface area contributed by atoms with Crippen LogP contribution in [0.2, 0.25) is 0 Å². The van der Waals surface area contributed by atoms with E-state index in [2.05, 4.69) is 17.6 Å². The van der Waals surface area contributed by atoms with Gasteiger partial charge in [-0.05, 0) is 62.0 Å². The van der Waals surface area contributed by atoms with E-state index >= 15 is 0 Å². The molecule has 0 atom stereocenters. The number of carbonyl (C=O) groups excluding carboxylic acids is 1. The van der Waals surface area contributed by atoms with E-state index in [-0.39, 0.29) is 41.6 Å². The molecule has 154 valence electrons. The first-order valence-electron chi connectivity index (χ1n) is 8.92. The van der Waals surface area contributed by atoms with Crippen LogP contribution in [0.5, 0.6) is 0 Å². The van der Waals surface area contributed by atoms with Crippen molar-refractivity contribution in [3.8, 4) is 0 Å². The summed E-state index contributed by atoms with van der Waals surface area (Å²) in [4.78, 5) is 12.1. The van der Waals surface area contributed by atoms with E-state index in [1.165, 1.54) is 23.5 Å². The molecule has 0 unspecified atom stereocenters. The third-order valence-electron chi connectivity index (χ3n) is 4.92. The molecule has 1 amide bonds. The molecule has 1 fully saturated rings. The minimum atomic E-state index is -3.66. The van der Waals surface area contributed by atoms with Crippen molar-refractivity contribution in [2.45, 2.75) is 37.5 Å². The number of nitrogens with one attached hydrogen (secondary N) is 2. The maximum absolute atomic E-state index is 12.9. The van der Waals surface area contributed by atoms with Crippen molar-refractivity contribution < 1.29 is 17.6 Å². The molecule has 0 spiro atoms. The number of hydrogen-bond donors (Lipinski definition) is 2. The Balaban J connectivity index is 0.00000364. The second-order valence-electron chi connectivity index (χ2n) is 7.22. The lowest BCUT2D eigenvalue weighted by Crippen LogP contribution is -2.43. The molecule has 27 heavy (non-hydrogen) atoms. The zero-order chi connectivity index (χ0) is 19.2. The Labute approximate surface area is 167 Å². The number of carbonyl (C=O) groups is 1. The summed E-state index contributed by atoms with van der Waals surface area (Å²) < 4.78 is 38.9. The Morgan fingerprint density at radius 1 is 1.26 bits per heavy atom. The van der Waals surface area contributed by atoms with Crippen LogP contribution in [0.1, 0.15) is 32.6 Å². The molecule has 0 saturated carbocycles. The average molecular weight is 422 g/mol. The van der Waals surface area contributed by atoms with Gasteiger partial charge in [-0.25, -0.2) is 17.1 Å². The monoisotopic (exact) mass is 421 g/mol. The number of halogens is 2. The molecule has 0 bridgehead atoms. The zero-order valence-electron chi connectivity index (χ0n) is 15.8. The topological polar surface area (TPSA) is 78.5 Å². The van der Waals surface area contributed by atoms with Crippen molar-refractivity contribution in [2.24, 2.45) is 5.41 Å². The first-order chi connectivity index (χ1) is 12.2. The van der Waals surface area contributed by atoms with Crippen LogP contribution in [0.4, 0.5) is 4.39 Å². The largest absolute Gasteiger partial charge is 0.356 e. The van der Waals surface area contributed by atoms with Crippen LogP contribution in [-0.2, 0) is 14.8 Å². The number of amides is 1. The molecule has 2 rings (SSSR count). The van der Waals surface area contributed by atoms with Crippen LogP contribution in [0.15, 0.2) is 29.2 Å². The number of piperidine rings is 1. The third-order valence-corrected chi connectivity index (χ3v) is 6.79. The van der Waals surface area contributed by atoms with Crippen molar-refractivity contribution >= 4 is 28.3 Å². The summed E-state index contributed by atoms with van der Waals surface area (Å²) >= 11 is 0. The highest BCUT2D eigenvalue weighted by Crippen LogP contribution is 2.26. The van der Waals surface area contributed by atoms with Crippen molar-refractivity contribution in [2.75, 3.05) is 33.2 Å². The van der Waals surface area contributed by atoms with Crippen LogP contribution in [0.3, 0.4) is 0 Å². The molecule has 9 heteroatoms. The van der Waals surface area contributed by atoms with Crippen LogP contribution < -0.4 is 10.6 Å². The third kappa shape index (κ3) is 7.03. The summed E-state index contributed by atoms with van der Waals surface area (Å²) in [5.74, 6) is -0.539. The molecular formula is C18H29ClFN3O3S. The molecule has 1 aromatic carbocycles. The van der Waals surface area contributed by atoms with E-state index in [0.29, 0.717) is 13.0 Å². The van der Waals surface area contributed by atoms with Crippen molar-refractivity contribution in [3.05, 3.63) is 30.1 Å². The summed E-state index contributed by atoms with van der Waals surface area (Å²) in [5.41, 5.74) is 0.129. The van der Waals surface area contributed by atoms with Gasteiger partial charge < -0.3 is 10.6 Å². The lowest BCUT2D eigenvalue weighted by molar-refractivity contribution is -0.121. The highest BCUT2D eigenvalue weighted by molar-refractivity contribution is 7.89. The lowest BCUT2D eigenvalue weighted by Gasteiger charge is -2.34. The van der Waals surface area contributed by atoms with E-state index in [0.717, 1.165) is 38.1 Å². The van der Waals surface area contributed by atoms with E-state index in [9.17, 15) is 17.6 Å². The van der Waals surface area contributed by atoms with Gasteiger partial charge >= 0.3 is 0 Å². The number of hydrogen-bond acceptors (Lipinski definition) is 4. The van der Waals surface area contributed by atoms with Crippen LogP contribution >= 0.6 is 12.4 Å². The minimum absolute atomic E-state index is 0. The zero-order valence-corrected chi connectivity index (χ0v) is 17.5. The molecule has 0 aliphatic carbocycles. The predicted molar refractivity (Wildman–Crippen MR) is 106 cm³/mol. The predicted octanol–water partition coefficient (Wildman–Crippen LogP) is 2.15. The highest BCUT2D eigenvalue weighted by Gasteiger charge is 2.27. The molecule has 1 aliphatic heterocycles. The Hall–Kier alpha value is -1.22. The minimum Gasteiger partial charge on any atom is -0.356 e. The fraction of sp³-hybridized carbons (Fsp3) is 0.611. The fourth-order valence-corrected chi connectivity index (χ4v) is 4.19. The number of benzene rings is 1. The smallest absolute Gasteiger partial charge is 0.242 e. The highest BCUT2D eigenvalue weighted by atomic mass is 35.5. The van der Waals surface area contributed by atoms with Gasteiger partial charge in [-0.2, -0.15) is 0 Å². The summed E-state index contributed by atoms with van der Waals surface area (Å²) in [6.45, 7) is 5.00. The van der Waals surface area contributed by atoms with Gasteiger partial charge in [-0.15, -0.1) is 12.4 Å². The summed E-state index contributed by atoms with van der Waals surface area (Å²) in [7, 11) is -2.20. The maximum Gasteiger partial charge on any atom is 0.242 e. The molecule has 1 aliphatic rings. The Bertz CT molecular complexity index is 707. The normalized spacial score (nSPS) is 16.6. The summed E-state index contributed by atoms with van der Waals surface area (Å²) in [6.07, 6.45) is 2.77.